The van der Waals surface area contributed by atoms with Gasteiger partial charge in [0.25, 0.3) is 0 Å². The molecule has 2 nitrogen and oxygen atoms in total. The third kappa shape index (κ3) is 5.35. The molecule has 0 saturated carbocycles. The molecule has 0 aromatic heterocycles. The molecule has 1 aromatic rings. The molecule has 1 N–H and O–H groups in total. The second-order valence-electron chi connectivity index (χ2n) is 7.51. The highest BCUT2D eigenvalue weighted by atomic mass is 16.5. The predicted octanol–water partition coefficient (Wildman–Crippen LogP) is 6.26. The second kappa shape index (κ2) is 10.4. The van der Waals surface area contributed by atoms with Crippen LogP contribution in [0.25, 0.3) is 5.57 Å². The Hall–Kier alpha value is -1.80. The molecule has 2 aliphatic rings. The molecule has 0 radical (unpaired) electrons. The fraction of sp³-hybridized carbons (Fsp3) is 0.500. The molecule has 1 aliphatic heterocycles. The highest BCUT2D eigenvalue weighted by Gasteiger charge is 2.20. The van der Waals surface area contributed by atoms with E-state index in [1.54, 1.807) is 0 Å². The minimum atomic E-state index is 0.565. The van der Waals surface area contributed by atoms with Gasteiger partial charge in [0.05, 0.1) is 6.26 Å². The first-order chi connectivity index (χ1) is 12.9. The van der Waals surface area contributed by atoms with Crippen LogP contribution in [0.4, 0.5) is 0 Å². The van der Waals surface area contributed by atoms with Crippen LogP contribution in [0.3, 0.4) is 0 Å². The van der Waals surface area contributed by atoms with E-state index < -0.39 is 0 Å². The maximum absolute atomic E-state index is 5.74. The molecule has 0 fully saturated rings. The lowest BCUT2D eigenvalue weighted by Crippen LogP contribution is -2.07. The minimum Gasteiger partial charge on any atom is -0.464 e. The second-order valence-corrected chi connectivity index (χ2v) is 7.51. The van der Waals surface area contributed by atoms with Crippen LogP contribution in [0.5, 0.6) is 5.75 Å². The Morgan fingerprint density at radius 1 is 0.923 bits per heavy atom. The molecule has 2 heteroatoms. The SMILES string of the molecule is CNCCCCCCCCCCC1C=CC2=COc3ccccc3C2=C1. The Morgan fingerprint density at radius 2 is 1.65 bits per heavy atom. The molecule has 26 heavy (non-hydrogen) atoms. The monoisotopic (exact) mass is 351 g/mol. The van der Waals surface area contributed by atoms with Gasteiger partial charge in [-0.1, -0.05) is 81.4 Å². The van der Waals surface area contributed by atoms with Crippen molar-refractivity contribution in [1.82, 2.24) is 5.32 Å². The van der Waals surface area contributed by atoms with Crippen LogP contribution in [0, 0.1) is 5.92 Å². The van der Waals surface area contributed by atoms with E-state index in [0.717, 1.165) is 12.3 Å². The summed E-state index contributed by atoms with van der Waals surface area (Å²) < 4.78 is 5.74. The summed E-state index contributed by atoms with van der Waals surface area (Å²) in [6, 6.07) is 8.35. The largest absolute Gasteiger partial charge is 0.464 e. The maximum atomic E-state index is 5.74. The van der Waals surface area contributed by atoms with E-state index >= 15 is 0 Å². The zero-order valence-electron chi connectivity index (χ0n) is 16.2. The van der Waals surface area contributed by atoms with E-state index in [-0.39, 0.29) is 0 Å². The van der Waals surface area contributed by atoms with Gasteiger partial charge in [-0.2, -0.15) is 0 Å². The van der Waals surface area contributed by atoms with Gasteiger partial charge < -0.3 is 10.1 Å². The minimum absolute atomic E-state index is 0.565. The molecule has 1 atom stereocenters. The molecule has 1 aromatic carbocycles. The molecule has 3 rings (SSSR count). The van der Waals surface area contributed by atoms with Gasteiger partial charge in [0.15, 0.2) is 0 Å². The number of allylic oxidation sites excluding steroid dienone is 5. The lowest BCUT2D eigenvalue weighted by atomic mass is 9.85. The third-order valence-electron chi connectivity index (χ3n) is 5.42. The van der Waals surface area contributed by atoms with Crippen LogP contribution >= 0.6 is 0 Å². The van der Waals surface area contributed by atoms with Crippen LogP contribution < -0.4 is 10.1 Å². The van der Waals surface area contributed by atoms with E-state index in [2.05, 4.69) is 41.7 Å². The summed E-state index contributed by atoms with van der Waals surface area (Å²) in [6.07, 6.45) is 21.2. The summed E-state index contributed by atoms with van der Waals surface area (Å²) in [5.41, 5.74) is 3.79. The lowest BCUT2D eigenvalue weighted by Gasteiger charge is -2.23. The lowest BCUT2D eigenvalue weighted by molar-refractivity contribution is 0.471. The first-order valence-corrected chi connectivity index (χ1v) is 10.4. The van der Waals surface area contributed by atoms with Crippen molar-refractivity contribution < 1.29 is 4.74 Å². The Labute approximate surface area is 159 Å². The summed E-state index contributed by atoms with van der Waals surface area (Å²) in [5.74, 6) is 1.54. The van der Waals surface area contributed by atoms with Gasteiger partial charge in [0, 0.05) is 11.1 Å². The Morgan fingerprint density at radius 3 is 2.46 bits per heavy atom. The number of hydrogen-bond donors (Lipinski definition) is 1. The summed E-state index contributed by atoms with van der Waals surface area (Å²) in [5, 5.41) is 3.22. The molecule has 0 saturated heterocycles. The standard InChI is InChI=1S/C24H33NO/c1-25-17-11-7-5-3-2-4-6-8-12-20-15-16-21-19-26-24-14-10-9-13-22(24)23(21)18-20/h9-10,13-16,18-20,25H,2-8,11-12,17H2,1H3. The Balaban J connectivity index is 1.36. The number of para-hydroxylation sites is 1. The van der Waals surface area contributed by atoms with E-state index in [4.69, 9.17) is 4.74 Å². The quantitative estimate of drug-likeness (QED) is 0.475. The number of ether oxygens (including phenoxy) is 1. The number of nitrogens with one attached hydrogen (secondary N) is 1. The summed E-state index contributed by atoms with van der Waals surface area (Å²) in [7, 11) is 2.04. The van der Waals surface area contributed by atoms with E-state index in [9.17, 15) is 0 Å². The molecular formula is C24H33NO. The maximum Gasteiger partial charge on any atom is 0.134 e. The van der Waals surface area contributed by atoms with Gasteiger partial charge in [-0.15, -0.1) is 0 Å². The van der Waals surface area contributed by atoms with Crippen LogP contribution in [0.1, 0.15) is 63.4 Å². The van der Waals surface area contributed by atoms with Gasteiger partial charge in [-0.3, -0.25) is 0 Å². The fourth-order valence-corrected chi connectivity index (χ4v) is 3.87. The predicted molar refractivity (Wildman–Crippen MR) is 111 cm³/mol. The zero-order valence-corrected chi connectivity index (χ0v) is 16.2. The molecule has 0 bridgehead atoms. The van der Waals surface area contributed by atoms with Gasteiger partial charge in [0.2, 0.25) is 0 Å². The average Bonchev–Trinajstić information content (AvgIpc) is 2.69. The van der Waals surface area contributed by atoms with E-state index in [1.807, 2.05) is 19.4 Å². The van der Waals surface area contributed by atoms with Crippen molar-refractivity contribution in [2.24, 2.45) is 5.92 Å². The Kier molecular flexibility index (Phi) is 7.57. The van der Waals surface area contributed by atoms with E-state index in [0.29, 0.717) is 5.92 Å². The first kappa shape index (κ1) is 19.0. The first-order valence-electron chi connectivity index (χ1n) is 10.4. The fourth-order valence-electron chi connectivity index (χ4n) is 3.87. The van der Waals surface area contributed by atoms with Gasteiger partial charge >= 0.3 is 0 Å². The van der Waals surface area contributed by atoms with Crippen molar-refractivity contribution in [3.8, 4) is 5.75 Å². The van der Waals surface area contributed by atoms with E-state index in [1.165, 1.54) is 74.5 Å². The molecular weight excluding hydrogens is 318 g/mol. The molecule has 0 spiro atoms. The van der Waals surface area contributed by atoms with Gasteiger partial charge in [-0.05, 0) is 44.0 Å². The molecule has 1 unspecified atom stereocenters. The summed E-state index contributed by atoms with van der Waals surface area (Å²) >= 11 is 0. The van der Waals surface area contributed by atoms with Crippen molar-refractivity contribution in [3.05, 3.63) is 59.9 Å². The number of unbranched alkanes of at least 4 members (excludes halogenated alkanes) is 7. The third-order valence-corrected chi connectivity index (χ3v) is 5.42. The molecule has 1 heterocycles. The topological polar surface area (TPSA) is 21.3 Å². The zero-order chi connectivity index (χ0) is 18.0. The number of hydrogen-bond acceptors (Lipinski definition) is 2. The summed E-state index contributed by atoms with van der Waals surface area (Å²) in [4.78, 5) is 0. The van der Waals surface area contributed by atoms with Crippen LogP contribution in [-0.2, 0) is 0 Å². The highest BCUT2D eigenvalue weighted by molar-refractivity contribution is 5.87. The number of fused-ring (bicyclic) bond motifs is 3. The van der Waals surface area contributed by atoms with Gasteiger partial charge in [0.1, 0.15) is 5.75 Å². The highest BCUT2D eigenvalue weighted by Crippen LogP contribution is 2.39. The normalized spacial score (nSPS) is 17.8. The van der Waals surface area contributed by atoms with Gasteiger partial charge in [-0.25, -0.2) is 0 Å². The Bertz CT molecular complexity index is 656. The van der Waals surface area contributed by atoms with Crippen LogP contribution in [0.15, 0.2) is 54.3 Å². The van der Waals surface area contributed by atoms with Crippen molar-refractivity contribution >= 4 is 5.57 Å². The summed E-state index contributed by atoms with van der Waals surface area (Å²) in [6.45, 7) is 1.16. The van der Waals surface area contributed by atoms with Crippen molar-refractivity contribution in [2.75, 3.05) is 13.6 Å². The smallest absolute Gasteiger partial charge is 0.134 e. The molecule has 1 aliphatic carbocycles. The average molecular weight is 352 g/mol. The molecule has 0 amide bonds. The van der Waals surface area contributed by atoms with Crippen molar-refractivity contribution in [2.45, 2.75) is 57.8 Å². The van der Waals surface area contributed by atoms with Crippen molar-refractivity contribution in [1.29, 1.82) is 0 Å². The molecule has 140 valence electrons. The van der Waals surface area contributed by atoms with Crippen LogP contribution in [-0.4, -0.2) is 13.6 Å². The van der Waals surface area contributed by atoms with Crippen molar-refractivity contribution in [3.63, 3.8) is 0 Å². The van der Waals surface area contributed by atoms with Crippen LogP contribution in [0.2, 0.25) is 0 Å². The number of benzene rings is 1. The number of rotatable bonds is 11.